The third-order valence-corrected chi connectivity index (χ3v) is 5.91. The van der Waals surface area contributed by atoms with Gasteiger partial charge in [0.1, 0.15) is 11.9 Å². The molecule has 0 radical (unpaired) electrons. The van der Waals surface area contributed by atoms with E-state index < -0.39 is 6.04 Å². The minimum Gasteiger partial charge on any atom is -0.383 e. The van der Waals surface area contributed by atoms with Crippen molar-refractivity contribution in [3.05, 3.63) is 34.0 Å². The SMILES string of the molecule is Cc1nc(Cl)nc(N)c1CCC1CCN(C(=O)[C@H](C)NC(=O)c2cn[nH]c2C)CC1. The first-order chi connectivity index (χ1) is 14.3. The zero-order chi connectivity index (χ0) is 21.8. The van der Waals surface area contributed by atoms with Gasteiger partial charge in [0.05, 0.1) is 11.8 Å². The summed E-state index contributed by atoms with van der Waals surface area (Å²) in [5, 5.41) is 9.51. The molecule has 0 saturated carbocycles. The molecule has 30 heavy (non-hydrogen) atoms. The molecule has 0 spiro atoms. The second-order valence-corrected chi connectivity index (χ2v) is 8.19. The normalized spacial score (nSPS) is 15.8. The van der Waals surface area contributed by atoms with Crippen molar-refractivity contribution in [2.24, 2.45) is 5.92 Å². The lowest BCUT2D eigenvalue weighted by atomic mass is 9.90. The Balaban J connectivity index is 1.47. The van der Waals surface area contributed by atoms with Crippen LogP contribution in [-0.4, -0.2) is 56.0 Å². The standard InChI is InChI=1S/C20H28ClN7O2/c1-11-15(17(22)26-20(21)25-11)5-4-14-6-8-28(9-7-14)19(30)13(3)24-18(29)16-10-23-27-12(16)2/h10,13-14H,4-9H2,1-3H3,(H,23,27)(H,24,29)(H2,22,25,26)/t13-/m0/s1. The van der Waals surface area contributed by atoms with Crippen LogP contribution in [0, 0.1) is 19.8 Å². The Morgan fingerprint density at radius 1 is 1.33 bits per heavy atom. The number of hydrogen-bond donors (Lipinski definition) is 3. The van der Waals surface area contributed by atoms with Crippen molar-refractivity contribution in [1.29, 1.82) is 0 Å². The van der Waals surface area contributed by atoms with Crippen LogP contribution in [0.4, 0.5) is 5.82 Å². The average Bonchev–Trinajstić information content (AvgIpc) is 3.13. The molecule has 9 nitrogen and oxygen atoms in total. The molecule has 3 rings (SSSR count). The third kappa shape index (κ3) is 5.08. The minimum absolute atomic E-state index is 0.0610. The number of likely N-dealkylation sites (tertiary alicyclic amines) is 1. The number of piperidine rings is 1. The van der Waals surface area contributed by atoms with Crippen molar-refractivity contribution >= 4 is 29.2 Å². The lowest BCUT2D eigenvalue weighted by molar-refractivity contribution is -0.134. The number of halogens is 1. The number of nitrogens with zero attached hydrogens (tertiary/aromatic N) is 4. The van der Waals surface area contributed by atoms with E-state index in [9.17, 15) is 9.59 Å². The van der Waals surface area contributed by atoms with Gasteiger partial charge in [-0.1, -0.05) is 0 Å². The number of amides is 2. The van der Waals surface area contributed by atoms with Crippen LogP contribution in [0.2, 0.25) is 5.28 Å². The highest BCUT2D eigenvalue weighted by atomic mass is 35.5. The largest absolute Gasteiger partial charge is 0.383 e. The van der Waals surface area contributed by atoms with Gasteiger partial charge in [-0.05, 0) is 64.0 Å². The number of carbonyl (C=O) groups excluding carboxylic acids is 2. The fourth-order valence-corrected chi connectivity index (χ4v) is 4.09. The van der Waals surface area contributed by atoms with Crippen LogP contribution in [-0.2, 0) is 11.2 Å². The van der Waals surface area contributed by atoms with Crippen molar-refractivity contribution in [1.82, 2.24) is 30.4 Å². The van der Waals surface area contributed by atoms with Crippen LogP contribution >= 0.6 is 11.6 Å². The first-order valence-corrected chi connectivity index (χ1v) is 10.5. The van der Waals surface area contributed by atoms with Gasteiger partial charge in [-0.15, -0.1) is 0 Å². The highest BCUT2D eigenvalue weighted by Gasteiger charge is 2.27. The number of carbonyl (C=O) groups is 2. The minimum atomic E-state index is -0.586. The monoisotopic (exact) mass is 433 g/mol. The predicted molar refractivity (Wildman–Crippen MR) is 114 cm³/mol. The fraction of sp³-hybridized carbons (Fsp3) is 0.550. The molecule has 10 heteroatoms. The van der Waals surface area contributed by atoms with E-state index in [1.54, 1.807) is 13.8 Å². The third-order valence-electron chi connectivity index (χ3n) is 5.74. The summed E-state index contributed by atoms with van der Waals surface area (Å²) in [6, 6.07) is -0.586. The number of nitrogens with one attached hydrogen (secondary N) is 2. The molecular weight excluding hydrogens is 406 g/mol. The average molecular weight is 434 g/mol. The van der Waals surface area contributed by atoms with Gasteiger partial charge < -0.3 is 16.0 Å². The molecule has 0 aromatic carbocycles. The van der Waals surface area contributed by atoms with Crippen LogP contribution in [0.1, 0.15) is 53.5 Å². The maximum Gasteiger partial charge on any atom is 0.255 e. The van der Waals surface area contributed by atoms with Crippen LogP contribution < -0.4 is 11.1 Å². The molecule has 2 aromatic rings. The van der Waals surface area contributed by atoms with Crippen molar-refractivity contribution in [3.63, 3.8) is 0 Å². The number of nitrogens with two attached hydrogens (primary N) is 1. The van der Waals surface area contributed by atoms with Gasteiger partial charge >= 0.3 is 0 Å². The zero-order valence-electron chi connectivity index (χ0n) is 17.5. The Morgan fingerprint density at radius 2 is 2.03 bits per heavy atom. The zero-order valence-corrected chi connectivity index (χ0v) is 18.3. The van der Waals surface area contributed by atoms with E-state index in [0.717, 1.165) is 36.9 Å². The molecule has 2 aromatic heterocycles. The van der Waals surface area contributed by atoms with Crippen LogP contribution in [0.5, 0.6) is 0 Å². The molecule has 1 fully saturated rings. The highest BCUT2D eigenvalue weighted by Crippen LogP contribution is 2.25. The van der Waals surface area contributed by atoms with Crippen LogP contribution in [0.25, 0.3) is 0 Å². The second kappa shape index (κ2) is 9.42. The first kappa shape index (κ1) is 22.0. The quantitative estimate of drug-likeness (QED) is 0.597. The van der Waals surface area contributed by atoms with E-state index in [1.807, 2.05) is 11.8 Å². The molecule has 3 heterocycles. The van der Waals surface area contributed by atoms with E-state index in [2.05, 4.69) is 25.5 Å². The van der Waals surface area contributed by atoms with Gasteiger partial charge in [-0.25, -0.2) is 9.97 Å². The van der Waals surface area contributed by atoms with E-state index in [1.165, 1.54) is 6.20 Å². The maximum absolute atomic E-state index is 12.7. The topological polar surface area (TPSA) is 130 Å². The number of nitrogen functional groups attached to an aromatic ring is 1. The van der Waals surface area contributed by atoms with Crippen LogP contribution in [0.3, 0.4) is 0 Å². The van der Waals surface area contributed by atoms with E-state index in [-0.39, 0.29) is 17.1 Å². The van der Waals surface area contributed by atoms with Crippen molar-refractivity contribution < 1.29 is 9.59 Å². The first-order valence-electron chi connectivity index (χ1n) is 10.1. The number of aromatic nitrogens is 4. The molecule has 1 saturated heterocycles. The van der Waals surface area contributed by atoms with Gasteiger partial charge in [0, 0.05) is 30.0 Å². The molecule has 0 aliphatic carbocycles. The number of hydrogen-bond acceptors (Lipinski definition) is 6. The number of rotatable bonds is 6. The van der Waals surface area contributed by atoms with Gasteiger partial charge in [0.15, 0.2) is 0 Å². The van der Waals surface area contributed by atoms with Crippen LogP contribution in [0.15, 0.2) is 6.20 Å². The Bertz CT molecular complexity index is 899. The van der Waals surface area contributed by atoms with Crippen molar-refractivity contribution in [2.75, 3.05) is 18.8 Å². The molecule has 4 N–H and O–H groups in total. The smallest absolute Gasteiger partial charge is 0.255 e. The Kier molecular flexibility index (Phi) is 6.91. The van der Waals surface area contributed by atoms with Crippen molar-refractivity contribution in [2.45, 2.75) is 52.5 Å². The number of anilines is 1. The Morgan fingerprint density at radius 3 is 2.63 bits per heavy atom. The summed E-state index contributed by atoms with van der Waals surface area (Å²) >= 11 is 5.84. The number of aromatic amines is 1. The van der Waals surface area contributed by atoms with Crippen molar-refractivity contribution in [3.8, 4) is 0 Å². The van der Waals surface area contributed by atoms with E-state index >= 15 is 0 Å². The molecule has 1 aliphatic rings. The Labute approximate surface area is 180 Å². The lowest BCUT2D eigenvalue weighted by Crippen LogP contribution is -2.49. The highest BCUT2D eigenvalue weighted by molar-refractivity contribution is 6.28. The molecular formula is C20H28ClN7O2. The van der Waals surface area contributed by atoms with E-state index in [0.29, 0.717) is 36.1 Å². The molecule has 0 unspecified atom stereocenters. The summed E-state index contributed by atoms with van der Waals surface area (Å²) < 4.78 is 0. The Hall–Kier alpha value is -2.68. The molecule has 2 amide bonds. The van der Waals surface area contributed by atoms with Gasteiger partial charge in [-0.3, -0.25) is 14.7 Å². The lowest BCUT2D eigenvalue weighted by Gasteiger charge is -2.33. The number of H-pyrrole nitrogens is 1. The summed E-state index contributed by atoms with van der Waals surface area (Å²) in [4.78, 5) is 35.1. The second-order valence-electron chi connectivity index (χ2n) is 7.85. The number of aryl methyl sites for hydroxylation is 2. The maximum atomic E-state index is 12.7. The summed E-state index contributed by atoms with van der Waals surface area (Å²) in [5.41, 5.74) is 8.88. The predicted octanol–water partition coefficient (Wildman–Crippen LogP) is 2.04. The molecule has 0 bridgehead atoms. The van der Waals surface area contributed by atoms with Gasteiger partial charge in [-0.2, -0.15) is 5.10 Å². The molecule has 1 aliphatic heterocycles. The summed E-state index contributed by atoms with van der Waals surface area (Å²) in [7, 11) is 0. The summed E-state index contributed by atoms with van der Waals surface area (Å²) in [5.74, 6) is 0.587. The van der Waals surface area contributed by atoms with Gasteiger partial charge in [0.25, 0.3) is 5.91 Å². The summed E-state index contributed by atoms with van der Waals surface area (Å²) in [6.45, 7) is 6.74. The molecule has 162 valence electrons. The summed E-state index contributed by atoms with van der Waals surface area (Å²) in [6.07, 6.45) is 5.06. The molecule has 1 atom stereocenters. The van der Waals surface area contributed by atoms with Gasteiger partial charge in [0.2, 0.25) is 11.2 Å². The van der Waals surface area contributed by atoms with E-state index in [4.69, 9.17) is 17.3 Å². The fourth-order valence-electron chi connectivity index (χ4n) is 3.87.